The number of hydrogen-bond donors (Lipinski definition) is 1. The molecule has 0 radical (unpaired) electrons. The number of nitrogens with one attached hydrogen (secondary N) is 1. The third kappa shape index (κ3) is 5.23. The number of nitrogens with zero attached hydrogens (tertiary/aromatic N) is 2. The maximum Gasteiger partial charge on any atom is 0.265 e. The van der Waals surface area contributed by atoms with Gasteiger partial charge in [-0.3, -0.25) is 14.6 Å². The second-order valence-electron chi connectivity index (χ2n) is 9.40. The molecule has 3 heterocycles. The number of ether oxygens (including phenoxy) is 2. The minimum Gasteiger partial charge on any atom is -0.454 e. The van der Waals surface area contributed by atoms with E-state index in [4.69, 9.17) is 9.47 Å². The molecule has 2 aliphatic heterocycles. The van der Waals surface area contributed by atoms with E-state index < -0.39 is 0 Å². The lowest BCUT2D eigenvalue weighted by Crippen LogP contribution is -2.30. The molecule has 0 saturated carbocycles. The fourth-order valence-electron chi connectivity index (χ4n) is 4.93. The quantitative estimate of drug-likeness (QED) is 0.375. The second kappa shape index (κ2) is 10.3. The van der Waals surface area contributed by atoms with Gasteiger partial charge in [-0.2, -0.15) is 0 Å². The van der Waals surface area contributed by atoms with E-state index in [9.17, 15) is 4.79 Å². The van der Waals surface area contributed by atoms with Gasteiger partial charge >= 0.3 is 0 Å². The van der Waals surface area contributed by atoms with Gasteiger partial charge < -0.3 is 14.8 Å². The molecule has 6 rings (SSSR count). The summed E-state index contributed by atoms with van der Waals surface area (Å²) in [6.07, 6.45) is 1.13. The van der Waals surface area contributed by atoms with Crippen molar-refractivity contribution < 1.29 is 14.3 Å². The highest BCUT2D eigenvalue weighted by Gasteiger charge is 2.18. The van der Waals surface area contributed by atoms with Crippen LogP contribution in [0.4, 0.5) is 5.69 Å². The zero-order chi connectivity index (χ0) is 24.3. The highest BCUT2D eigenvalue weighted by molar-refractivity contribution is 7.20. The van der Waals surface area contributed by atoms with Gasteiger partial charge in [0.25, 0.3) is 5.91 Å². The van der Waals surface area contributed by atoms with Gasteiger partial charge in [-0.05, 0) is 72.4 Å². The molecule has 4 aromatic rings. The van der Waals surface area contributed by atoms with Crippen molar-refractivity contribution in [2.75, 3.05) is 38.3 Å². The van der Waals surface area contributed by atoms with Gasteiger partial charge in [-0.1, -0.05) is 36.4 Å². The van der Waals surface area contributed by atoms with Gasteiger partial charge in [0, 0.05) is 36.6 Å². The van der Waals surface area contributed by atoms with Crippen LogP contribution < -0.4 is 14.8 Å². The number of amides is 1. The Kier molecular flexibility index (Phi) is 6.59. The maximum absolute atomic E-state index is 12.8. The van der Waals surface area contributed by atoms with Crippen molar-refractivity contribution >= 4 is 33.0 Å². The molecule has 7 heteroatoms. The minimum atomic E-state index is -0.0534. The summed E-state index contributed by atoms with van der Waals surface area (Å²) in [5.74, 6) is 1.63. The molecule has 6 nitrogen and oxygen atoms in total. The van der Waals surface area contributed by atoms with Crippen molar-refractivity contribution in [1.82, 2.24) is 9.80 Å². The molecule has 1 fully saturated rings. The zero-order valence-corrected chi connectivity index (χ0v) is 20.9. The summed E-state index contributed by atoms with van der Waals surface area (Å²) in [5.41, 5.74) is 3.32. The average Bonchev–Trinajstić information content (AvgIpc) is 3.48. The molecular weight excluding hydrogens is 470 g/mol. The molecule has 36 heavy (non-hydrogen) atoms. The van der Waals surface area contributed by atoms with Crippen LogP contribution in [-0.2, 0) is 13.1 Å². The summed E-state index contributed by atoms with van der Waals surface area (Å²) in [6, 6.07) is 24.5. The Morgan fingerprint density at radius 3 is 2.42 bits per heavy atom. The summed E-state index contributed by atoms with van der Waals surface area (Å²) in [4.78, 5) is 18.6. The number of thiophene rings is 1. The van der Waals surface area contributed by atoms with Crippen LogP contribution in [-0.4, -0.2) is 48.7 Å². The average molecular weight is 500 g/mol. The Hall–Kier alpha value is -3.39. The molecular formula is C29H29N3O3S. The molecule has 1 amide bonds. The van der Waals surface area contributed by atoms with Crippen molar-refractivity contribution in [1.29, 1.82) is 0 Å². The van der Waals surface area contributed by atoms with Crippen LogP contribution in [0, 0.1) is 0 Å². The standard InChI is InChI=1S/C29H29N3O3S/c33-29(28-17-23-6-1-2-8-27(23)36-28)30-24-7-3-5-21(15-24)18-31-11-4-12-32(14-13-31)19-22-9-10-25-26(16-22)35-20-34-25/h1-3,5-10,15-17H,4,11-14,18-20H2,(H,30,33). The van der Waals surface area contributed by atoms with Gasteiger partial charge in [0.15, 0.2) is 11.5 Å². The predicted molar refractivity (Wildman–Crippen MR) is 144 cm³/mol. The van der Waals surface area contributed by atoms with Crippen LogP contribution in [0.1, 0.15) is 27.2 Å². The number of carbonyl (C=O) groups excluding carboxylic acids is 1. The van der Waals surface area contributed by atoms with E-state index >= 15 is 0 Å². The molecule has 2 aliphatic rings. The first kappa shape index (κ1) is 23.0. The SMILES string of the molecule is O=C(Nc1cccc(CN2CCCN(Cc3ccc4c(c3)OCO4)CC2)c1)c1cc2ccccc2s1. The van der Waals surface area contributed by atoms with E-state index in [2.05, 4.69) is 45.4 Å². The third-order valence-corrected chi connectivity index (χ3v) is 7.88. The van der Waals surface area contributed by atoms with Gasteiger partial charge in [-0.25, -0.2) is 0 Å². The monoisotopic (exact) mass is 499 g/mol. The number of carbonyl (C=O) groups is 1. The van der Waals surface area contributed by atoms with Crippen LogP contribution in [0.2, 0.25) is 0 Å². The third-order valence-electron chi connectivity index (χ3n) is 6.76. The summed E-state index contributed by atoms with van der Waals surface area (Å²) < 4.78 is 12.1. The topological polar surface area (TPSA) is 54.0 Å². The zero-order valence-electron chi connectivity index (χ0n) is 20.1. The van der Waals surface area contributed by atoms with Crippen LogP contribution >= 0.6 is 11.3 Å². The van der Waals surface area contributed by atoms with E-state index in [0.717, 1.165) is 77.8 Å². The molecule has 0 aliphatic carbocycles. The van der Waals surface area contributed by atoms with Gasteiger partial charge in [0.05, 0.1) is 4.88 Å². The number of hydrogen-bond acceptors (Lipinski definition) is 6. The fraction of sp³-hybridized carbons (Fsp3) is 0.276. The van der Waals surface area contributed by atoms with Crippen molar-refractivity contribution in [2.24, 2.45) is 0 Å². The van der Waals surface area contributed by atoms with E-state index in [1.54, 1.807) is 0 Å². The molecule has 184 valence electrons. The minimum absolute atomic E-state index is 0.0534. The van der Waals surface area contributed by atoms with E-state index in [-0.39, 0.29) is 5.91 Å². The lowest BCUT2D eigenvalue weighted by molar-refractivity contribution is 0.103. The first-order chi connectivity index (χ1) is 17.7. The molecule has 0 atom stereocenters. The Bertz CT molecular complexity index is 1350. The van der Waals surface area contributed by atoms with E-state index in [0.29, 0.717) is 6.79 Å². The first-order valence-corrected chi connectivity index (χ1v) is 13.2. The number of rotatable bonds is 6. The molecule has 3 aromatic carbocycles. The largest absolute Gasteiger partial charge is 0.454 e. The number of anilines is 1. The molecule has 0 bridgehead atoms. The summed E-state index contributed by atoms with van der Waals surface area (Å²) >= 11 is 1.53. The Morgan fingerprint density at radius 2 is 1.58 bits per heavy atom. The molecule has 1 N–H and O–H groups in total. The van der Waals surface area contributed by atoms with Gasteiger partial charge in [0.2, 0.25) is 6.79 Å². The van der Waals surface area contributed by atoms with Crippen molar-refractivity contribution in [3.63, 3.8) is 0 Å². The van der Waals surface area contributed by atoms with Gasteiger partial charge in [-0.15, -0.1) is 11.3 Å². The summed E-state index contributed by atoms with van der Waals surface area (Å²) in [6.45, 7) is 6.30. The lowest BCUT2D eigenvalue weighted by Gasteiger charge is -2.22. The number of fused-ring (bicyclic) bond motifs is 2. The van der Waals surface area contributed by atoms with Crippen molar-refractivity contribution in [2.45, 2.75) is 19.5 Å². The van der Waals surface area contributed by atoms with E-state index in [1.807, 2.05) is 42.5 Å². The molecule has 1 aromatic heterocycles. The first-order valence-electron chi connectivity index (χ1n) is 12.4. The maximum atomic E-state index is 12.8. The molecule has 0 unspecified atom stereocenters. The Morgan fingerprint density at radius 1 is 0.806 bits per heavy atom. The molecule has 0 spiro atoms. The smallest absolute Gasteiger partial charge is 0.265 e. The van der Waals surface area contributed by atoms with Crippen LogP contribution in [0.15, 0.2) is 72.8 Å². The highest BCUT2D eigenvalue weighted by atomic mass is 32.1. The van der Waals surface area contributed by atoms with Crippen molar-refractivity contribution in [3.05, 3.63) is 88.8 Å². The number of benzene rings is 3. The van der Waals surface area contributed by atoms with Gasteiger partial charge in [0.1, 0.15) is 0 Å². The van der Waals surface area contributed by atoms with Crippen LogP contribution in [0.5, 0.6) is 11.5 Å². The lowest BCUT2D eigenvalue weighted by atomic mass is 10.1. The Labute approximate surface area is 215 Å². The van der Waals surface area contributed by atoms with E-state index in [1.165, 1.54) is 22.5 Å². The molecule has 1 saturated heterocycles. The van der Waals surface area contributed by atoms with Crippen LogP contribution in [0.3, 0.4) is 0 Å². The Balaban J connectivity index is 1.05. The fourth-order valence-corrected chi connectivity index (χ4v) is 5.89. The predicted octanol–water partition coefficient (Wildman–Crippen LogP) is 5.59. The second-order valence-corrected chi connectivity index (χ2v) is 10.5. The van der Waals surface area contributed by atoms with Crippen LogP contribution in [0.25, 0.3) is 10.1 Å². The summed E-state index contributed by atoms with van der Waals surface area (Å²) in [5, 5.41) is 4.19. The highest BCUT2D eigenvalue weighted by Crippen LogP contribution is 2.33. The van der Waals surface area contributed by atoms with Crippen molar-refractivity contribution in [3.8, 4) is 11.5 Å². The normalized spacial score (nSPS) is 16.2. The summed E-state index contributed by atoms with van der Waals surface area (Å²) in [7, 11) is 0.